The highest BCUT2D eigenvalue weighted by atomic mass is 19.3. The fraction of sp³-hybridized carbons (Fsp3) is 0.368. The number of carbonyl (C=O) groups excluding carboxylic acids is 1. The Morgan fingerprint density at radius 3 is 2.67 bits per heavy atom. The molecule has 3 rings (SSSR count). The van der Waals surface area contributed by atoms with E-state index in [-0.39, 0.29) is 36.5 Å². The van der Waals surface area contributed by atoms with Gasteiger partial charge >= 0.3 is 6.61 Å². The van der Waals surface area contributed by atoms with Gasteiger partial charge in [-0.15, -0.1) is 0 Å². The number of rotatable bonds is 7. The van der Waals surface area contributed by atoms with Crippen molar-refractivity contribution in [3.8, 4) is 16.9 Å². The van der Waals surface area contributed by atoms with Gasteiger partial charge in [0.25, 0.3) is 0 Å². The summed E-state index contributed by atoms with van der Waals surface area (Å²) < 4.78 is 56.0. The zero-order chi connectivity index (χ0) is 19.4. The quantitative estimate of drug-likeness (QED) is 0.742. The van der Waals surface area contributed by atoms with Gasteiger partial charge in [-0.3, -0.25) is 9.78 Å². The Hall–Kier alpha value is -2.48. The summed E-state index contributed by atoms with van der Waals surface area (Å²) in [5.74, 6) is -0.689. The number of aryl methyl sites for hydroxylation is 1. The minimum absolute atomic E-state index is 0.0238. The van der Waals surface area contributed by atoms with E-state index in [1.54, 1.807) is 0 Å². The Morgan fingerprint density at radius 1 is 1.30 bits per heavy atom. The molecular weight excluding hydrogens is 364 g/mol. The van der Waals surface area contributed by atoms with Gasteiger partial charge in [0, 0.05) is 30.6 Å². The van der Waals surface area contributed by atoms with Gasteiger partial charge in [0.05, 0.1) is 12.2 Å². The molecule has 0 unspecified atom stereocenters. The molecule has 144 valence electrons. The predicted molar refractivity (Wildman–Crippen MR) is 90.9 cm³/mol. The van der Waals surface area contributed by atoms with Crippen molar-refractivity contribution in [3.05, 3.63) is 48.0 Å². The van der Waals surface area contributed by atoms with Gasteiger partial charge in [-0.2, -0.15) is 8.78 Å². The SMILES string of the molecule is O=C(CCc1cc(-c2ccc(OC(F)F)cc2)c(F)cn1)[C@@H]1C[C@@H](F)CN1. The second kappa shape index (κ2) is 8.47. The van der Waals surface area contributed by atoms with Crippen molar-refractivity contribution in [2.75, 3.05) is 6.54 Å². The van der Waals surface area contributed by atoms with Gasteiger partial charge in [0.15, 0.2) is 0 Å². The van der Waals surface area contributed by atoms with Crippen molar-refractivity contribution in [1.29, 1.82) is 0 Å². The summed E-state index contributed by atoms with van der Waals surface area (Å²) in [4.78, 5) is 16.1. The number of pyridine rings is 1. The van der Waals surface area contributed by atoms with Gasteiger partial charge < -0.3 is 10.1 Å². The van der Waals surface area contributed by atoms with E-state index >= 15 is 0 Å². The molecule has 27 heavy (non-hydrogen) atoms. The maximum atomic E-state index is 14.1. The molecule has 1 saturated heterocycles. The van der Waals surface area contributed by atoms with Crippen molar-refractivity contribution in [1.82, 2.24) is 10.3 Å². The Kier molecular flexibility index (Phi) is 6.05. The lowest BCUT2D eigenvalue weighted by atomic mass is 10.0. The van der Waals surface area contributed by atoms with E-state index in [1.165, 1.54) is 30.3 Å². The molecule has 8 heteroatoms. The normalized spacial score (nSPS) is 19.4. The molecule has 4 nitrogen and oxygen atoms in total. The Balaban J connectivity index is 1.68. The third kappa shape index (κ3) is 5.03. The van der Waals surface area contributed by atoms with Crippen LogP contribution in [0, 0.1) is 5.82 Å². The second-order valence-corrected chi connectivity index (χ2v) is 6.32. The summed E-state index contributed by atoms with van der Waals surface area (Å²) in [5.41, 5.74) is 1.24. The molecule has 1 N–H and O–H groups in total. The first-order valence-electron chi connectivity index (χ1n) is 8.52. The predicted octanol–water partition coefficient (Wildman–Crippen LogP) is 3.69. The average Bonchev–Trinajstić information content (AvgIpc) is 3.07. The van der Waals surface area contributed by atoms with Crippen LogP contribution in [0.2, 0.25) is 0 Å². The molecule has 1 aromatic heterocycles. The monoisotopic (exact) mass is 382 g/mol. The third-order valence-corrected chi connectivity index (χ3v) is 4.40. The molecule has 0 aliphatic carbocycles. The van der Waals surface area contributed by atoms with Crippen LogP contribution in [-0.4, -0.2) is 36.1 Å². The maximum Gasteiger partial charge on any atom is 0.387 e. The summed E-state index contributed by atoms with van der Waals surface area (Å²) in [6.45, 7) is -2.75. The van der Waals surface area contributed by atoms with Crippen LogP contribution in [0.25, 0.3) is 11.1 Å². The maximum absolute atomic E-state index is 14.1. The molecule has 2 aromatic rings. The Morgan fingerprint density at radius 2 is 2.04 bits per heavy atom. The number of nitrogens with one attached hydrogen (secondary N) is 1. The summed E-state index contributed by atoms with van der Waals surface area (Å²) in [5, 5.41) is 2.84. The molecule has 0 saturated carbocycles. The number of nitrogens with zero attached hydrogens (tertiary/aromatic N) is 1. The molecule has 1 fully saturated rings. The van der Waals surface area contributed by atoms with Crippen molar-refractivity contribution in [2.45, 2.75) is 38.1 Å². The molecule has 0 radical (unpaired) electrons. The summed E-state index contributed by atoms with van der Waals surface area (Å²) >= 11 is 0. The number of carbonyl (C=O) groups is 1. The number of halogens is 4. The molecular formula is C19H18F4N2O2. The van der Waals surface area contributed by atoms with Crippen molar-refractivity contribution in [2.24, 2.45) is 0 Å². The van der Waals surface area contributed by atoms with Gasteiger partial charge in [-0.25, -0.2) is 8.78 Å². The minimum Gasteiger partial charge on any atom is -0.435 e. The number of aromatic nitrogens is 1. The molecule has 1 aliphatic heterocycles. The van der Waals surface area contributed by atoms with E-state index in [9.17, 15) is 22.4 Å². The van der Waals surface area contributed by atoms with Gasteiger partial charge in [-0.05, 0) is 30.2 Å². The lowest BCUT2D eigenvalue weighted by Gasteiger charge is -2.10. The number of ketones is 1. The molecule has 0 amide bonds. The molecule has 0 spiro atoms. The summed E-state index contributed by atoms with van der Waals surface area (Å²) in [7, 11) is 0. The summed E-state index contributed by atoms with van der Waals surface area (Å²) in [6, 6.07) is 6.62. The second-order valence-electron chi connectivity index (χ2n) is 6.32. The van der Waals surface area contributed by atoms with Crippen molar-refractivity contribution < 1.29 is 27.1 Å². The number of hydrogen-bond acceptors (Lipinski definition) is 4. The van der Waals surface area contributed by atoms with Crippen LogP contribution in [0.3, 0.4) is 0 Å². The van der Waals surface area contributed by atoms with E-state index in [2.05, 4.69) is 15.0 Å². The van der Waals surface area contributed by atoms with Crippen molar-refractivity contribution >= 4 is 5.78 Å². The zero-order valence-electron chi connectivity index (χ0n) is 14.3. The minimum atomic E-state index is -2.93. The lowest BCUT2D eigenvalue weighted by molar-refractivity contribution is -0.120. The third-order valence-electron chi connectivity index (χ3n) is 4.40. The molecule has 2 atom stereocenters. The molecule has 2 heterocycles. The largest absolute Gasteiger partial charge is 0.435 e. The summed E-state index contributed by atoms with van der Waals surface area (Å²) in [6.07, 6.45) is 0.696. The standard InChI is InChI=1S/C19H18F4N2O2/c20-12-7-17(25-9-12)18(26)6-3-13-8-15(16(21)10-24-13)11-1-4-14(5-2-11)27-19(22)23/h1-2,4-5,8,10,12,17,19,25H,3,6-7,9H2/t12-,17+/m1/s1. The highest BCUT2D eigenvalue weighted by Crippen LogP contribution is 2.26. The Labute approximate surface area is 153 Å². The highest BCUT2D eigenvalue weighted by molar-refractivity contribution is 5.84. The highest BCUT2D eigenvalue weighted by Gasteiger charge is 2.28. The van der Waals surface area contributed by atoms with Crippen molar-refractivity contribution in [3.63, 3.8) is 0 Å². The molecule has 1 aromatic carbocycles. The van der Waals surface area contributed by atoms with Gasteiger partial charge in [0.1, 0.15) is 23.5 Å². The topological polar surface area (TPSA) is 51.2 Å². The number of benzene rings is 1. The number of Topliss-reactive ketones (excluding diaryl/α,β-unsaturated/α-hetero) is 1. The lowest BCUT2D eigenvalue weighted by Crippen LogP contribution is -2.30. The zero-order valence-corrected chi connectivity index (χ0v) is 14.3. The smallest absolute Gasteiger partial charge is 0.387 e. The fourth-order valence-corrected chi connectivity index (χ4v) is 3.02. The van der Waals surface area contributed by atoms with Crippen LogP contribution >= 0.6 is 0 Å². The van der Waals surface area contributed by atoms with E-state index in [0.717, 1.165) is 6.20 Å². The first kappa shape index (κ1) is 19.3. The fourth-order valence-electron chi connectivity index (χ4n) is 3.02. The average molecular weight is 382 g/mol. The number of alkyl halides is 3. The Bertz CT molecular complexity index is 799. The first-order chi connectivity index (χ1) is 12.9. The van der Waals surface area contributed by atoms with E-state index < -0.39 is 24.6 Å². The van der Waals surface area contributed by atoms with Gasteiger partial charge in [0.2, 0.25) is 0 Å². The van der Waals surface area contributed by atoms with Crippen LogP contribution in [0.5, 0.6) is 5.75 Å². The van der Waals surface area contributed by atoms with Crippen LogP contribution in [0.1, 0.15) is 18.5 Å². The molecule has 0 bridgehead atoms. The molecule has 1 aliphatic rings. The van der Waals surface area contributed by atoms with Crippen LogP contribution < -0.4 is 10.1 Å². The van der Waals surface area contributed by atoms with Crippen LogP contribution in [0.15, 0.2) is 36.5 Å². The van der Waals surface area contributed by atoms with E-state index in [1.807, 2.05) is 0 Å². The first-order valence-corrected chi connectivity index (χ1v) is 8.52. The van der Waals surface area contributed by atoms with E-state index in [4.69, 9.17) is 0 Å². The number of hydrogen-bond donors (Lipinski definition) is 1. The van der Waals surface area contributed by atoms with E-state index in [0.29, 0.717) is 17.7 Å². The van der Waals surface area contributed by atoms with Crippen LogP contribution in [-0.2, 0) is 11.2 Å². The van der Waals surface area contributed by atoms with Gasteiger partial charge in [-0.1, -0.05) is 12.1 Å². The van der Waals surface area contributed by atoms with Crippen LogP contribution in [0.4, 0.5) is 17.6 Å². The number of ether oxygens (including phenoxy) is 1.